The lowest BCUT2D eigenvalue weighted by molar-refractivity contribution is 0.0155. The molecule has 5 nitrogen and oxygen atoms in total. The molecule has 4 rings (SSSR count). The van der Waals surface area contributed by atoms with E-state index >= 15 is 0 Å². The third-order valence-corrected chi connectivity index (χ3v) is 6.30. The van der Waals surface area contributed by atoms with Crippen LogP contribution >= 0.6 is 0 Å². The number of aliphatic hydroxyl groups is 1. The number of carbonyl (C=O) groups is 1. The highest BCUT2D eigenvalue weighted by Gasteiger charge is 2.52. The first-order valence-electron chi connectivity index (χ1n) is 10.5. The monoisotopic (exact) mass is 389 g/mol. The summed E-state index contributed by atoms with van der Waals surface area (Å²) < 4.78 is 0. The molecule has 1 heterocycles. The zero-order valence-corrected chi connectivity index (χ0v) is 16.5. The van der Waals surface area contributed by atoms with Crippen LogP contribution < -0.4 is 5.32 Å². The highest BCUT2D eigenvalue weighted by Crippen LogP contribution is 2.44. The molecular weight excluding hydrogens is 362 g/mol. The summed E-state index contributed by atoms with van der Waals surface area (Å²) in [5.41, 5.74) is 3.12. The molecule has 1 aliphatic heterocycles. The van der Waals surface area contributed by atoms with Crippen LogP contribution in [-0.4, -0.2) is 40.8 Å². The minimum Gasteiger partial charge on any atom is -0.394 e. The van der Waals surface area contributed by atoms with E-state index in [1.54, 1.807) is 4.90 Å². The van der Waals surface area contributed by atoms with Crippen LogP contribution in [0.2, 0.25) is 0 Å². The van der Waals surface area contributed by atoms with E-state index in [4.69, 9.17) is 0 Å². The van der Waals surface area contributed by atoms with E-state index in [0.29, 0.717) is 0 Å². The lowest BCUT2D eigenvalue weighted by Crippen LogP contribution is -2.68. The number of nitrogens with one attached hydrogen (secondary N) is 1. The molecule has 150 valence electrons. The molecule has 2 aromatic rings. The summed E-state index contributed by atoms with van der Waals surface area (Å²) in [5.74, 6) is -0.210. The zero-order valence-electron chi connectivity index (χ0n) is 16.5. The number of benzene rings is 2. The molecule has 0 bridgehead atoms. The topological polar surface area (TPSA) is 76.4 Å². The predicted molar refractivity (Wildman–Crippen MR) is 112 cm³/mol. The smallest absolute Gasteiger partial charge is 0.319 e. The number of hydrogen-bond acceptors (Lipinski definition) is 3. The van der Waals surface area contributed by atoms with Crippen LogP contribution in [0.15, 0.2) is 54.6 Å². The highest BCUT2D eigenvalue weighted by molar-refractivity contribution is 5.79. The van der Waals surface area contributed by atoms with Gasteiger partial charge in [0.05, 0.1) is 18.7 Å². The molecule has 0 radical (unpaired) electrons. The van der Waals surface area contributed by atoms with E-state index in [1.807, 2.05) is 54.6 Å². The standard InChI is InChI=1S/C24H27N3O2/c25-15-21-23(20-14-8-7-13-19(20)17-9-3-1-4-10-17)22(16-28)27(21)24(29)26-18-11-5-2-6-12-18/h1,3-4,7-10,13-14,18,21-23,28H,2,5-6,11-12,16H2,(H,26,29)/t21-,22-,23+/m1/s1. The van der Waals surface area contributed by atoms with Crippen molar-refractivity contribution >= 4 is 6.03 Å². The molecule has 2 fully saturated rings. The summed E-state index contributed by atoms with van der Waals surface area (Å²) in [6, 6.07) is 19.3. The fraction of sp³-hybridized carbons (Fsp3) is 0.417. The van der Waals surface area contributed by atoms with Gasteiger partial charge in [-0.25, -0.2) is 4.79 Å². The van der Waals surface area contributed by atoms with Crippen molar-refractivity contribution in [3.63, 3.8) is 0 Å². The number of hydrogen-bond donors (Lipinski definition) is 2. The van der Waals surface area contributed by atoms with Gasteiger partial charge in [0.25, 0.3) is 0 Å². The van der Waals surface area contributed by atoms with Crippen molar-refractivity contribution in [3.8, 4) is 17.2 Å². The molecule has 2 aromatic carbocycles. The molecule has 1 saturated carbocycles. The summed E-state index contributed by atoms with van der Waals surface area (Å²) in [7, 11) is 0. The van der Waals surface area contributed by atoms with Crippen LogP contribution in [0.1, 0.15) is 43.6 Å². The van der Waals surface area contributed by atoms with Crippen LogP contribution in [0.3, 0.4) is 0 Å². The zero-order chi connectivity index (χ0) is 20.2. The van der Waals surface area contributed by atoms with Crippen molar-refractivity contribution in [1.82, 2.24) is 10.2 Å². The average Bonchev–Trinajstić information content (AvgIpc) is 2.75. The van der Waals surface area contributed by atoms with Crippen LogP contribution in [-0.2, 0) is 0 Å². The number of urea groups is 1. The van der Waals surface area contributed by atoms with Gasteiger partial charge >= 0.3 is 6.03 Å². The number of rotatable bonds is 4. The number of carbonyl (C=O) groups excluding carboxylic acids is 1. The van der Waals surface area contributed by atoms with Gasteiger partial charge in [-0.1, -0.05) is 73.9 Å². The number of nitriles is 1. The number of aliphatic hydroxyl groups excluding tert-OH is 1. The van der Waals surface area contributed by atoms with Crippen molar-refractivity contribution in [2.45, 2.75) is 56.1 Å². The Morgan fingerprint density at radius 1 is 1.07 bits per heavy atom. The fourth-order valence-corrected chi connectivity index (χ4v) is 4.82. The van der Waals surface area contributed by atoms with E-state index in [-0.39, 0.29) is 24.6 Å². The van der Waals surface area contributed by atoms with Crippen molar-refractivity contribution in [2.24, 2.45) is 0 Å². The second-order valence-corrected chi connectivity index (χ2v) is 7.99. The van der Waals surface area contributed by atoms with E-state index in [1.165, 1.54) is 6.42 Å². The Bertz CT molecular complexity index is 886. The van der Waals surface area contributed by atoms with E-state index in [9.17, 15) is 15.2 Å². The molecule has 29 heavy (non-hydrogen) atoms. The van der Waals surface area contributed by atoms with Gasteiger partial charge in [-0.3, -0.25) is 0 Å². The van der Waals surface area contributed by atoms with Crippen LogP contribution in [0, 0.1) is 11.3 Å². The summed E-state index contributed by atoms with van der Waals surface area (Å²) in [4.78, 5) is 14.5. The maximum atomic E-state index is 12.9. The lowest BCUT2D eigenvalue weighted by atomic mass is 9.73. The van der Waals surface area contributed by atoms with Crippen molar-refractivity contribution < 1.29 is 9.90 Å². The molecule has 3 atom stereocenters. The maximum Gasteiger partial charge on any atom is 0.319 e. The average molecular weight is 389 g/mol. The highest BCUT2D eigenvalue weighted by atomic mass is 16.3. The molecular formula is C24H27N3O2. The Morgan fingerprint density at radius 3 is 2.45 bits per heavy atom. The molecule has 0 unspecified atom stereocenters. The minimum absolute atomic E-state index is 0.163. The van der Waals surface area contributed by atoms with Gasteiger partial charge in [-0.05, 0) is 29.5 Å². The van der Waals surface area contributed by atoms with Gasteiger partial charge in [-0.15, -0.1) is 0 Å². The van der Waals surface area contributed by atoms with Crippen molar-refractivity contribution in [3.05, 3.63) is 60.2 Å². The molecule has 2 N–H and O–H groups in total. The molecule has 5 heteroatoms. The van der Waals surface area contributed by atoms with Crippen LogP contribution in [0.5, 0.6) is 0 Å². The second-order valence-electron chi connectivity index (χ2n) is 7.99. The number of likely N-dealkylation sites (tertiary alicyclic amines) is 1. The Kier molecular flexibility index (Phi) is 5.82. The molecule has 2 amide bonds. The third-order valence-electron chi connectivity index (χ3n) is 6.30. The van der Waals surface area contributed by atoms with E-state index in [2.05, 4.69) is 11.4 Å². The predicted octanol–water partition coefficient (Wildman–Crippen LogP) is 4.05. The molecule has 0 aromatic heterocycles. The number of amides is 2. The van der Waals surface area contributed by atoms with Gasteiger partial charge in [0.1, 0.15) is 6.04 Å². The summed E-state index contributed by atoms with van der Waals surface area (Å²) in [6.45, 7) is -0.163. The summed E-state index contributed by atoms with van der Waals surface area (Å²) in [6.07, 6.45) is 5.45. The Morgan fingerprint density at radius 2 is 1.76 bits per heavy atom. The van der Waals surface area contributed by atoms with E-state index < -0.39 is 12.1 Å². The lowest BCUT2D eigenvalue weighted by Gasteiger charge is -2.52. The first-order valence-corrected chi connectivity index (χ1v) is 10.5. The van der Waals surface area contributed by atoms with Gasteiger partial charge in [-0.2, -0.15) is 5.26 Å². The van der Waals surface area contributed by atoms with Gasteiger partial charge < -0.3 is 15.3 Å². The molecule has 1 saturated heterocycles. The largest absolute Gasteiger partial charge is 0.394 e. The third kappa shape index (κ3) is 3.73. The Labute approximate surface area is 172 Å². The molecule has 1 aliphatic carbocycles. The SMILES string of the molecule is N#C[C@@H]1[C@H](c2ccccc2-c2ccccc2)[C@@H](CO)N1C(=O)NC1CCCCC1. The first kappa shape index (κ1) is 19.5. The van der Waals surface area contributed by atoms with Gasteiger partial charge in [0.15, 0.2) is 0 Å². The normalized spacial score (nSPS) is 24.4. The maximum absolute atomic E-state index is 12.9. The van der Waals surface area contributed by atoms with Crippen LogP contribution in [0.25, 0.3) is 11.1 Å². The van der Waals surface area contributed by atoms with Crippen molar-refractivity contribution in [1.29, 1.82) is 5.26 Å². The second kappa shape index (κ2) is 8.67. The first-order chi connectivity index (χ1) is 14.2. The van der Waals surface area contributed by atoms with Gasteiger partial charge in [0.2, 0.25) is 0 Å². The van der Waals surface area contributed by atoms with E-state index in [0.717, 1.165) is 42.4 Å². The summed E-state index contributed by atoms with van der Waals surface area (Å²) >= 11 is 0. The number of nitrogens with zero attached hydrogens (tertiary/aromatic N) is 2. The minimum atomic E-state index is -0.583. The quantitative estimate of drug-likeness (QED) is 0.828. The molecule has 0 spiro atoms. The fourth-order valence-electron chi connectivity index (χ4n) is 4.82. The molecule has 2 aliphatic rings. The van der Waals surface area contributed by atoms with Gasteiger partial charge in [0, 0.05) is 12.0 Å². The Hall–Kier alpha value is -2.84. The summed E-state index contributed by atoms with van der Waals surface area (Å²) in [5, 5.41) is 23.0. The van der Waals surface area contributed by atoms with Crippen molar-refractivity contribution in [2.75, 3.05) is 6.61 Å². The Balaban J connectivity index is 1.59. The van der Waals surface area contributed by atoms with Crippen LogP contribution in [0.4, 0.5) is 4.79 Å².